The Morgan fingerprint density at radius 1 is 0.500 bits per heavy atom. The molecule has 0 N–H and O–H groups in total. The minimum Gasteiger partial charge on any atom is -0.0623 e. The summed E-state index contributed by atoms with van der Waals surface area (Å²) in [5.41, 5.74) is 4.12. The summed E-state index contributed by atoms with van der Waals surface area (Å²) in [7, 11) is -2.53. The van der Waals surface area contributed by atoms with Crippen LogP contribution < -0.4 is 20.7 Å². The lowest BCUT2D eigenvalue weighted by atomic mass is 9.96. The summed E-state index contributed by atoms with van der Waals surface area (Å²) in [6, 6.07) is 47.9. The Bertz CT molecular complexity index is 1660. The molecule has 0 fully saturated rings. The van der Waals surface area contributed by atoms with E-state index in [4.69, 9.17) is 0 Å². The molecule has 6 aromatic carbocycles. The van der Waals surface area contributed by atoms with Crippen molar-refractivity contribution < 1.29 is 0 Å². The monoisotopic (exact) mass is 448 g/mol. The van der Waals surface area contributed by atoms with E-state index in [1.165, 1.54) is 53.8 Å². The van der Waals surface area contributed by atoms with Gasteiger partial charge in [0.1, 0.15) is 0 Å². The molecule has 7 rings (SSSR count). The van der Waals surface area contributed by atoms with E-state index in [1.807, 2.05) is 0 Å². The smallest absolute Gasteiger partial charge is 0.0623 e. The van der Waals surface area contributed by atoms with Crippen molar-refractivity contribution in [3.8, 4) is 11.1 Å². The normalized spacial score (nSPS) is 13.7. The Morgan fingerprint density at radius 3 is 1.85 bits per heavy atom. The summed E-state index contributed by atoms with van der Waals surface area (Å²) in [5.74, 6) is 0. The molecule has 0 aromatic heterocycles. The summed E-state index contributed by atoms with van der Waals surface area (Å²) >= 11 is 0. The van der Waals surface area contributed by atoms with E-state index in [1.54, 1.807) is 5.19 Å². The molecule has 1 aliphatic rings. The van der Waals surface area contributed by atoms with Crippen molar-refractivity contribution in [2.75, 3.05) is 0 Å². The van der Waals surface area contributed by atoms with Crippen molar-refractivity contribution in [3.05, 3.63) is 133 Å². The third-order valence-electron chi connectivity index (χ3n) is 7.57. The van der Waals surface area contributed by atoms with Crippen molar-refractivity contribution in [1.29, 1.82) is 0 Å². The van der Waals surface area contributed by atoms with Crippen LogP contribution in [0.5, 0.6) is 0 Å². The first-order chi connectivity index (χ1) is 16.8. The molecule has 0 atom stereocenters. The highest BCUT2D eigenvalue weighted by molar-refractivity contribution is 7.23. The zero-order chi connectivity index (χ0) is 22.7. The number of hydrogen-bond acceptors (Lipinski definition) is 0. The van der Waals surface area contributed by atoms with Gasteiger partial charge in [0.25, 0.3) is 0 Å². The van der Waals surface area contributed by atoms with Crippen molar-refractivity contribution in [2.45, 2.75) is 6.92 Å². The molecule has 0 bridgehead atoms. The molecule has 0 aliphatic carbocycles. The molecular weight excluding hydrogens is 424 g/mol. The fourth-order valence-corrected chi connectivity index (χ4v) is 11.6. The largest absolute Gasteiger partial charge is 0.181 e. The Morgan fingerprint density at radius 2 is 1.12 bits per heavy atom. The maximum atomic E-state index is 2.42. The Labute approximate surface area is 201 Å². The SMILES string of the molecule is Cc1ccc2c(c1)-c1ccc3ccc4ccccc4c3c1[Si]2(c1ccccc1)c1ccccc1. The van der Waals surface area contributed by atoms with Gasteiger partial charge in [-0.25, -0.2) is 0 Å². The van der Waals surface area contributed by atoms with E-state index < -0.39 is 8.07 Å². The fourth-order valence-electron chi connectivity index (χ4n) is 6.20. The van der Waals surface area contributed by atoms with Gasteiger partial charge in [-0.1, -0.05) is 133 Å². The zero-order valence-electron chi connectivity index (χ0n) is 19.1. The first-order valence-corrected chi connectivity index (χ1v) is 14.0. The minimum absolute atomic E-state index is 1.31. The highest BCUT2D eigenvalue weighted by atomic mass is 28.3. The zero-order valence-corrected chi connectivity index (χ0v) is 20.1. The van der Waals surface area contributed by atoms with Crippen molar-refractivity contribution in [1.82, 2.24) is 0 Å². The molecule has 1 heterocycles. The van der Waals surface area contributed by atoms with E-state index >= 15 is 0 Å². The van der Waals surface area contributed by atoms with Crippen LogP contribution in [0, 0.1) is 6.92 Å². The summed E-state index contributed by atoms with van der Waals surface area (Å²) in [6.45, 7) is 2.21. The second kappa shape index (κ2) is 7.28. The van der Waals surface area contributed by atoms with Gasteiger partial charge in [0, 0.05) is 0 Å². The van der Waals surface area contributed by atoms with Crippen LogP contribution in [0.3, 0.4) is 0 Å². The highest BCUT2D eigenvalue weighted by Crippen LogP contribution is 2.35. The van der Waals surface area contributed by atoms with Gasteiger partial charge in [0.05, 0.1) is 0 Å². The average Bonchev–Trinajstić information content (AvgIpc) is 3.20. The lowest BCUT2D eigenvalue weighted by molar-refractivity contribution is 1.49. The Hall–Kier alpha value is -3.94. The van der Waals surface area contributed by atoms with E-state index in [-0.39, 0.29) is 0 Å². The maximum Gasteiger partial charge on any atom is 0.181 e. The number of fused-ring (bicyclic) bond motifs is 7. The molecular formula is C33H24Si. The van der Waals surface area contributed by atoms with E-state index in [2.05, 4.69) is 134 Å². The molecule has 0 saturated heterocycles. The third kappa shape index (κ3) is 2.53. The Kier molecular flexibility index (Phi) is 4.18. The van der Waals surface area contributed by atoms with E-state index in [0.29, 0.717) is 0 Å². The molecule has 0 unspecified atom stereocenters. The van der Waals surface area contributed by atoms with Crippen LogP contribution in [0.15, 0.2) is 127 Å². The number of aryl methyl sites for hydroxylation is 1. The van der Waals surface area contributed by atoms with Crippen LogP contribution >= 0.6 is 0 Å². The van der Waals surface area contributed by atoms with Crippen LogP contribution in [0.1, 0.15) is 5.56 Å². The molecule has 0 radical (unpaired) electrons. The van der Waals surface area contributed by atoms with Gasteiger partial charge in [-0.05, 0) is 60.3 Å². The standard InChI is InChI=1S/C33H24Si/c1-23-16-21-31-30(22-23)29-20-19-25-18-17-24-10-8-9-15-28(24)32(25)33(29)34(31,26-11-4-2-5-12-26)27-13-6-3-7-14-27/h2-22H,1H3. The lowest BCUT2D eigenvalue weighted by Crippen LogP contribution is -2.73. The summed E-state index contributed by atoms with van der Waals surface area (Å²) in [6.07, 6.45) is 0. The van der Waals surface area contributed by atoms with Crippen LogP contribution in [0.2, 0.25) is 0 Å². The molecule has 6 aromatic rings. The van der Waals surface area contributed by atoms with Crippen molar-refractivity contribution >= 4 is 50.4 Å². The van der Waals surface area contributed by atoms with Gasteiger partial charge in [-0.3, -0.25) is 0 Å². The number of hydrogen-bond donors (Lipinski definition) is 0. The maximum absolute atomic E-state index is 2.53. The first kappa shape index (κ1) is 19.5. The van der Waals surface area contributed by atoms with Gasteiger partial charge in [0.2, 0.25) is 0 Å². The van der Waals surface area contributed by atoms with Crippen LogP contribution in [0.25, 0.3) is 32.7 Å². The molecule has 34 heavy (non-hydrogen) atoms. The van der Waals surface area contributed by atoms with Crippen LogP contribution in [-0.2, 0) is 0 Å². The van der Waals surface area contributed by atoms with E-state index in [9.17, 15) is 0 Å². The predicted octanol–water partition coefficient (Wildman–Crippen LogP) is 5.66. The molecule has 0 amide bonds. The quantitative estimate of drug-likeness (QED) is 0.236. The highest BCUT2D eigenvalue weighted by Gasteiger charge is 2.49. The van der Waals surface area contributed by atoms with Gasteiger partial charge in [0.15, 0.2) is 8.07 Å². The number of benzene rings is 6. The predicted molar refractivity (Wildman–Crippen MR) is 149 cm³/mol. The topological polar surface area (TPSA) is 0 Å². The van der Waals surface area contributed by atoms with Crippen LogP contribution in [-0.4, -0.2) is 8.07 Å². The summed E-state index contributed by atoms with van der Waals surface area (Å²) in [4.78, 5) is 0. The fraction of sp³-hybridized carbons (Fsp3) is 0.0303. The lowest BCUT2D eigenvalue weighted by Gasteiger charge is -2.32. The molecule has 1 aliphatic heterocycles. The van der Waals surface area contributed by atoms with Gasteiger partial charge >= 0.3 is 0 Å². The van der Waals surface area contributed by atoms with Gasteiger partial charge in [-0.15, -0.1) is 0 Å². The minimum atomic E-state index is -2.53. The first-order valence-electron chi connectivity index (χ1n) is 12.0. The molecule has 1 heteroatoms. The average molecular weight is 449 g/mol. The summed E-state index contributed by atoms with van der Waals surface area (Å²) < 4.78 is 0. The van der Waals surface area contributed by atoms with E-state index in [0.717, 1.165) is 0 Å². The second-order valence-electron chi connectivity index (χ2n) is 9.40. The second-order valence-corrected chi connectivity index (χ2v) is 13.1. The van der Waals surface area contributed by atoms with Gasteiger partial charge in [-0.2, -0.15) is 0 Å². The van der Waals surface area contributed by atoms with Crippen LogP contribution in [0.4, 0.5) is 0 Å². The Balaban J connectivity index is 1.78. The number of rotatable bonds is 2. The summed E-state index contributed by atoms with van der Waals surface area (Å²) in [5, 5.41) is 11.3. The third-order valence-corrected chi connectivity index (χ3v) is 12.5. The molecule has 0 nitrogen and oxygen atoms in total. The van der Waals surface area contributed by atoms with Gasteiger partial charge < -0.3 is 0 Å². The van der Waals surface area contributed by atoms with Crippen molar-refractivity contribution in [2.24, 2.45) is 0 Å². The van der Waals surface area contributed by atoms with Crippen molar-refractivity contribution in [3.63, 3.8) is 0 Å². The molecule has 0 saturated carbocycles. The molecule has 0 spiro atoms. The molecule has 160 valence electrons.